The minimum Gasteiger partial charge on any atom is -0.504 e. The maximum Gasteiger partial charge on any atom is 0.341 e. The highest BCUT2D eigenvalue weighted by Crippen LogP contribution is 2.27. The smallest absolute Gasteiger partial charge is 0.341 e. The third-order valence-corrected chi connectivity index (χ3v) is 3.21. The summed E-state index contributed by atoms with van der Waals surface area (Å²) >= 11 is 0. The van der Waals surface area contributed by atoms with Crippen LogP contribution >= 0.6 is 0 Å². The second-order valence-electron chi connectivity index (χ2n) is 4.75. The van der Waals surface area contributed by atoms with Crippen LogP contribution in [-0.4, -0.2) is 43.2 Å². The number of carbonyl (C=O) groups is 2. The van der Waals surface area contributed by atoms with E-state index >= 15 is 0 Å². The number of benzene rings is 2. The van der Waals surface area contributed by atoms with Crippen LogP contribution in [0.15, 0.2) is 36.4 Å². The fourth-order valence-corrected chi connectivity index (χ4v) is 1.91. The summed E-state index contributed by atoms with van der Waals surface area (Å²) in [6.07, 6.45) is 0. The Kier molecular flexibility index (Phi) is 5.67. The number of rotatable bonds is 6. The molecule has 0 unspecified atom stereocenters. The number of hydrogen-bond donors (Lipinski definition) is 2. The molecule has 0 aromatic heterocycles. The summed E-state index contributed by atoms with van der Waals surface area (Å²) in [6.45, 7) is -0.607. The number of phenolic OH excluding ortho intramolecular Hbond substituents is 2. The normalized spacial score (nSPS) is 10.0. The maximum atomic E-state index is 11.9. The summed E-state index contributed by atoms with van der Waals surface area (Å²) in [6, 6.07) is 7.84. The topological polar surface area (TPSA) is 112 Å². The van der Waals surface area contributed by atoms with Gasteiger partial charge < -0.3 is 29.2 Å². The van der Waals surface area contributed by atoms with Crippen molar-refractivity contribution in [2.75, 3.05) is 21.0 Å². The molecular formula is C17H16O8. The molecule has 8 nitrogen and oxygen atoms in total. The van der Waals surface area contributed by atoms with Gasteiger partial charge in [0.15, 0.2) is 23.0 Å². The van der Waals surface area contributed by atoms with E-state index in [4.69, 9.17) is 18.9 Å². The molecule has 0 fully saturated rings. The van der Waals surface area contributed by atoms with Crippen molar-refractivity contribution in [3.8, 4) is 23.0 Å². The first kappa shape index (κ1) is 17.9. The van der Waals surface area contributed by atoms with Crippen molar-refractivity contribution in [2.45, 2.75) is 0 Å². The minimum atomic E-state index is -0.755. The molecule has 0 heterocycles. The van der Waals surface area contributed by atoms with Gasteiger partial charge in [0.05, 0.1) is 25.3 Å². The Hall–Kier alpha value is -3.42. The third-order valence-electron chi connectivity index (χ3n) is 3.21. The van der Waals surface area contributed by atoms with Crippen LogP contribution in [0.4, 0.5) is 0 Å². The molecule has 0 aliphatic rings. The lowest BCUT2D eigenvalue weighted by molar-refractivity contribution is -0.0167. The van der Waals surface area contributed by atoms with Crippen molar-refractivity contribution >= 4 is 11.9 Å². The molecular weight excluding hydrogens is 332 g/mol. The SMILES string of the molecule is COc1cc(C(=O)OCOC(=O)c2ccc(O)c(OC)c2)ccc1O. The fourth-order valence-electron chi connectivity index (χ4n) is 1.91. The first-order valence-corrected chi connectivity index (χ1v) is 7.04. The molecule has 25 heavy (non-hydrogen) atoms. The summed E-state index contributed by atoms with van der Waals surface area (Å²) in [7, 11) is 2.69. The van der Waals surface area contributed by atoms with Crippen LogP contribution in [0.5, 0.6) is 23.0 Å². The first-order chi connectivity index (χ1) is 12.0. The molecule has 2 N–H and O–H groups in total. The van der Waals surface area contributed by atoms with E-state index in [-0.39, 0.29) is 34.1 Å². The molecule has 0 saturated heterocycles. The van der Waals surface area contributed by atoms with Gasteiger partial charge in [-0.25, -0.2) is 9.59 Å². The predicted molar refractivity (Wildman–Crippen MR) is 85.0 cm³/mol. The molecule has 0 amide bonds. The van der Waals surface area contributed by atoms with E-state index in [0.29, 0.717) is 0 Å². The number of carbonyl (C=O) groups excluding carboxylic acids is 2. The first-order valence-electron chi connectivity index (χ1n) is 7.04. The van der Waals surface area contributed by atoms with E-state index < -0.39 is 18.7 Å². The number of esters is 2. The zero-order valence-electron chi connectivity index (χ0n) is 13.5. The van der Waals surface area contributed by atoms with E-state index in [1.165, 1.54) is 50.6 Å². The second-order valence-corrected chi connectivity index (χ2v) is 4.75. The molecule has 2 aromatic carbocycles. The zero-order chi connectivity index (χ0) is 18.4. The molecule has 0 atom stereocenters. The Labute approximate surface area is 143 Å². The van der Waals surface area contributed by atoms with Crippen molar-refractivity contribution in [2.24, 2.45) is 0 Å². The average Bonchev–Trinajstić information content (AvgIpc) is 2.62. The van der Waals surface area contributed by atoms with E-state index in [1.54, 1.807) is 0 Å². The van der Waals surface area contributed by atoms with Crippen molar-refractivity contribution in [1.82, 2.24) is 0 Å². The Morgan fingerprint density at radius 3 is 1.56 bits per heavy atom. The van der Waals surface area contributed by atoms with Gasteiger partial charge in [-0.15, -0.1) is 0 Å². The fraction of sp³-hybridized carbons (Fsp3) is 0.176. The van der Waals surface area contributed by atoms with Gasteiger partial charge in [0.2, 0.25) is 6.79 Å². The van der Waals surface area contributed by atoms with Crippen LogP contribution < -0.4 is 9.47 Å². The molecule has 0 aliphatic carbocycles. The van der Waals surface area contributed by atoms with Gasteiger partial charge in [0.1, 0.15) is 0 Å². The van der Waals surface area contributed by atoms with Gasteiger partial charge in [-0.1, -0.05) is 0 Å². The lowest BCUT2D eigenvalue weighted by Gasteiger charge is -2.09. The van der Waals surface area contributed by atoms with Crippen LogP contribution in [0, 0.1) is 0 Å². The Morgan fingerprint density at radius 1 is 0.800 bits per heavy atom. The van der Waals surface area contributed by atoms with Crippen LogP contribution in [0.25, 0.3) is 0 Å². The minimum absolute atomic E-state index is 0.114. The Bertz CT molecular complexity index is 719. The summed E-state index contributed by atoms with van der Waals surface area (Å²) in [5.74, 6) is -1.52. The molecule has 0 aliphatic heterocycles. The Morgan fingerprint density at radius 2 is 1.20 bits per heavy atom. The summed E-state index contributed by atoms with van der Waals surface area (Å²) in [5.41, 5.74) is 0.244. The number of hydrogen-bond acceptors (Lipinski definition) is 8. The number of aromatic hydroxyl groups is 2. The molecule has 0 saturated carbocycles. The van der Waals surface area contributed by atoms with Crippen LogP contribution in [0.3, 0.4) is 0 Å². The van der Waals surface area contributed by atoms with Gasteiger partial charge in [-0.3, -0.25) is 0 Å². The maximum absolute atomic E-state index is 11.9. The van der Waals surface area contributed by atoms with E-state index in [2.05, 4.69) is 0 Å². The molecule has 0 spiro atoms. The highest BCUT2D eigenvalue weighted by molar-refractivity contribution is 5.91. The van der Waals surface area contributed by atoms with Gasteiger partial charge in [-0.05, 0) is 36.4 Å². The zero-order valence-corrected chi connectivity index (χ0v) is 13.5. The lowest BCUT2D eigenvalue weighted by atomic mass is 10.2. The second kappa shape index (κ2) is 7.91. The quantitative estimate of drug-likeness (QED) is 0.603. The Balaban J connectivity index is 1.93. The number of ether oxygens (including phenoxy) is 4. The van der Waals surface area contributed by atoms with Crippen molar-refractivity contribution in [3.05, 3.63) is 47.5 Å². The van der Waals surface area contributed by atoms with Crippen LogP contribution in [-0.2, 0) is 9.47 Å². The summed E-state index contributed by atoms with van der Waals surface area (Å²) in [5, 5.41) is 19.0. The molecule has 132 valence electrons. The molecule has 0 radical (unpaired) electrons. The number of methoxy groups -OCH3 is 2. The lowest BCUT2D eigenvalue weighted by Crippen LogP contribution is -2.13. The average molecular weight is 348 g/mol. The number of phenols is 2. The molecule has 2 aromatic rings. The largest absolute Gasteiger partial charge is 0.504 e. The van der Waals surface area contributed by atoms with E-state index in [9.17, 15) is 19.8 Å². The van der Waals surface area contributed by atoms with Gasteiger partial charge in [0, 0.05) is 0 Å². The summed E-state index contributed by atoms with van der Waals surface area (Å²) in [4.78, 5) is 23.8. The summed E-state index contributed by atoms with van der Waals surface area (Å²) < 4.78 is 19.5. The molecule has 0 bridgehead atoms. The monoisotopic (exact) mass is 348 g/mol. The highest BCUT2D eigenvalue weighted by atomic mass is 16.7. The standard InChI is InChI=1S/C17H16O8/c1-22-14-7-10(3-5-12(14)18)16(20)24-9-25-17(21)11-4-6-13(19)15(8-11)23-2/h3-8,18-19H,9H2,1-2H3. The molecule has 2 rings (SSSR count). The van der Waals surface area contributed by atoms with Crippen molar-refractivity contribution in [3.63, 3.8) is 0 Å². The highest BCUT2D eigenvalue weighted by Gasteiger charge is 2.14. The van der Waals surface area contributed by atoms with Crippen molar-refractivity contribution < 1.29 is 38.7 Å². The van der Waals surface area contributed by atoms with E-state index in [1.807, 2.05) is 0 Å². The van der Waals surface area contributed by atoms with Crippen molar-refractivity contribution in [1.29, 1.82) is 0 Å². The molecule has 8 heteroatoms. The third kappa shape index (κ3) is 4.31. The van der Waals surface area contributed by atoms with Crippen LogP contribution in [0.1, 0.15) is 20.7 Å². The van der Waals surface area contributed by atoms with Gasteiger partial charge in [-0.2, -0.15) is 0 Å². The van der Waals surface area contributed by atoms with Gasteiger partial charge in [0.25, 0.3) is 0 Å². The predicted octanol–water partition coefficient (Wildman–Crippen LogP) is 2.09. The van der Waals surface area contributed by atoms with E-state index in [0.717, 1.165) is 0 Å². The van der Waals surface area contributed by atoms with Gasteiger partial charge >= 0.3 is 11.9 Å². The van der Waals surface area contributed by atoms with Crippen LogP contribution in [0.2, 0.25) is 0 Å².